The highest BCUT2D eigenvalue weighted by atomic mass is 16.3. The van der Waals surface area contributed by atoms with Crippen molar-refractivity contribution in [2.75, 3.05) is 26.2 Å². The van der Waals surface area contributed by atoms with Crippen molar-refractivity contribution >= 4 is 16.9 Å². The second-order valence-electron chi connectivity index (χ2n) is 10.9. The number of likely N-dealkylation sites (tertiary alicyclic amines) is 1. The summed E-state index contributed by atoms with van der Waals surface area (Å²) in [5, 5.41) is 15.6. The summed E-state index contributed by atoms with van der Waals surface area (Å²) in [5.41, 5.74) is 0.332. The molecule has 0 aliphatic carbocycles. The van der Waals surface area contributed by atoms with E-state index in [9.17, 15) is 14.7 Å². The Balaban J connectivity index is 1.25. The number of nitrogens with zero attached hydrogens (tertiary/aromatic N) is 4. The van der Waals surface area contributed by atoms with Gasteiger partial charge in [0.25, 0.3) is 11.5 Å². The van der Waals surface area contributed by atoms with Crippen molar-refractivity contribution in [1.82, 2.24) is 24.3 Å². The molecule has 2 aromatic heterocycles. The first-order valence-corrected chi connectivity index (χ1v) is 13.2. The molecule has 2 fully saturated rings. The molecular weight excluding hydrogens is 454 g/mol. The minimum atomic E-state index is -1.39. The van der Waals surface area contributed by atoms with E-state index in [1.165, 1.54) is 0 Å². The summed E-state index contributed by atoms with van der Waals surface area (Å²) in [7, 11) is 0. The maximum Gasteiger partial charge on any atom is 0.262 e. The van der Waals surface area contributed by atoms with Crippen molar-refractivity contribution in [2.45, 2.75) is 57.7 Å². The van der Waals surface area contributed by atoms with Crippen LogP contribution in [-0.2, 0) is 17.9 Å². The van der Waals surface area contributed by atoms with Gasteiger partial charge < -0.3 is 19.9 Å². The Morgan fingerprint density at radius 2 is 1.92 bits per heavy atom. The van der Waals surface area contributed by atoms with Gasteiger partial charge in [-0.3, -0.25) is 14.2 Å². The average molecular weight is 492 g/mol. The van der Waals surface area contributed by atoms with Crippen molar-refractivity contribution in [2.24, 2.45) is 11.8 Å². The molecule has 8 nitrogen and oxygen atoms in total. The van der Waals surface area contributed by atoms with Gasteiger partial charge in [-0.2, -0.15) is 0 Å². The molecule has 192 valence electrons. The Morgan fingerprint density at radius 3 is 2.64 bits per heavy atom. The number of nitrogens with one attached hydrogen (secondary N) is 1. The second-order valence-corrected chi connectivity index (χ2v) is 10.9. The highest BCUT2D eigenvalue weighted by Gasteiger charge is 2.48. The zero-order valence-corrected chi connectivity index (χ0v) is 21.3. The third-order valence-corrected chi connectivity index (χ3v) is 7.84. The maximum atomic E-state index is 13.6. The lowest BCUT2D eigenvalue weighted by Crippen LogP contribution is -2.59. The van der Waals surface area contributed by atoms with Crippen LogP contribution in [0.3, 0.4) is 0 Å². The van der Waals surface area contributed by atoms with Crippen molar-refractivity contribution in [3.05, 3.63) is 64.8 Å². The van der Waals surface area contributed by atoms with E-state index in [2.05, 4.69) is 24.1 Å². The van der Waals surface area contributed by atoms with Crippen LogP contribution in [0.5, 0.6) is 0 Å². The first-order chi connectivity index (χ1) is 17.4. The average Bonchev–Trinajstić information content (AvgIpc) is 3.29. The summed E-state index contributed by atoms with van der Waals surface area (Å²) >= 11 is 0. The lowest BCUT2D eigenvalue weighted by Gasteiger charge is -2.43. The van der Waals surface area contributed by atoms with Gasteiger partial charge in [0.05, 0.1) is 11.7 Å². The maximum absolute atomic E-state index is 13.6. The Hall–Kier alpha value is -2.97. The quantitative estimate of drug-likeness (QED) is 0.553. The van der Waals surface area contributed by atoms with Crippen LogP contribution in [0, 0.1) is 11.8 Å². The summed E-state index contributed by atoms with van der Waals surface area (Å²) in [6, 6.07) is 11.7. The van der Waals surface area contributed by atoms with E-state index >= 15 is 0 Å². The minimum Gasteiger partial charge on any atom is -0.379 e. The fraction of sp³-hybridized carbons (Fsp3) is 0.536. The Morgan fingerprint density at radius 1 is 1.17 bits per heavy atom. The molecule has 2 N–H and O–H groups in total. The van der Waals surface area contributed by atoms with Gasteiger partial charge in [-0.1, -0.05) is 44.2 Å². The number of aliphatic hydroxyl groups is 1. The number of fused-ring (bicyclic) bond motifs is 1. The van der Waals surface area contributed by atoms with Crippen molar-refractivity contribution in [1.29, 1.82) is 0 Å². The smallest absolute Gasteiger partial charge is 0.262 e. The zero-order chi connectivity index (χ0) is 25.3. The largest absolute Gasteiger partial charge is 0.379 e. The summed E-state index contributed by atoms with van der Waals surface area (Å²) in [5.74, 6) is 0.333. The molecule has 0 bridgehead atoms. The molecule has 2 atom stereocenters. The Labute approximate surface area is 211 Å². The third-order valence-electron chi connectivity index (χ3n) is 7.84. The van der Waals surface area contributed by atoms with E-state index in [0.29, 0.717) is 50.4 Å². The number of benzene rings is 1. The van der Waals surface area contributed by atoms with Crippen molar-refractivity contribution in [3.8, 4) is 0 Å². The first kappa shape index (κ1) is 24.7. The van der Waals surface area contributed by atoms with Gasteiger partial charge in [0, 0.05) is 44.8 Å². The van der Waals surface area contributed by atoms with Gasteiger partial charge in [-0.15, -0.1) is 0 Å². The van der Waals surface area contributed by atoms with E-state index in [1.54, 1.807) is 10.9 Å². The molecule has 1 aromatic carbocycles. The zero-order valence-electron chi connectivity index (χ0n) is 21.3. The molecule has 5 rings (SSSR count). The standard InChI is InChI=1S/C28H37N5O3/c1-20(2)17-32-15-10-23-25(32)30-19-33(26(23)34)18-21-8-13-31(14-9-21)27(35)28(36)11-12-29-16-24(28)22-6-4-3-5-7-22/h3-7,10,15,19-21,24,29,36H,8-9,11-14,16-18H2,1-2H3/t24-,28+/m0/s1. The molecule has 2 aliphatic rings. The van der Waals surface area contributed by atoms with Crippen molar-refractivity contribution < 1.29 is 9.90 Å². The fourth-order valence-corrected chi connectivity index (χ4v) is 5.85. The van der Waals surface area contributed by atoms with Gasteiger partial charge in [0.1, 0.15) is 5.65 Å². The first-order valence-electron chi connectivity index (χ1n) is 13.2. The van der Waals surface area contributed by atoms with E-state index in [1.807, 2.05) is 52.1 Å². The van der Waals surface area contributed by atoms with Gasteiger partial charge in [-0.25, -0.2) is 4.98 Å². The van der Waals surface area contributed by atoms with E-state index in [0.717, 1.165) is 30.6 Å². The van der Waals surface area contributed by atoms with Gasteiger partial charge in [0.15, 0.2) is 5.60 Å². The van der Waals surface area contributed by atoms with Crippen LogP contribution in [0.4, 0.5) is 0 Å². The van der Waals surface area contributed by atoms with Crippen LogP contribution >= 0.6 is 0 Å². The fourth-order valence-electron chi connectivity index (χ4n) is 5.85. The van der Waals surface area contributed by atoms with Crippen LogP contribution in [0.15, 0.2) is 53.7 Å². The monoisotopic (exact) mass is 491 g/mol. The predicted octanol–water partition coefficient (Wildman–Crippen LogP) is 2.60. The number of hydrogen-bond acceptors (Lipinski definition) is 5. The van der Waals surface area contributed by atoms with Gasteiger partial charge in [-0.05, 0) is 49.3 Å². The molecule has 3 aromatic rings. The number of piperidine rings is 2. The molecule has 4 heterocycles. The van der Waals surface area contributed by atoms with Gasteiger partial charge in [0.2, 0.25) is 0 Å². The van der Waals surface area contributed by atoms with Gasteiger partial charge >= 0.3 is 0 Å². The third kappa shape index (κ3) is 4.72. The number of carbonyl (C=O) groups is 1. The van der Waals surface area contributed by atoms with E-state index in [-0.39, 0.29) is 23.3 Å². The van der Waals surface area contributed by atoms with Crippen LogP contribution in [0.25, 0.3) is 11.0 Å². The number of aromatic nitrogens is 3. The minimum absolute atomic E-state index is 0.00395. The molecule has 0 saturated carbocycles. The lowest BCUT2D eigenvalue weighted by atomic mass is 9.76. The summed E-state index contributed by atoms with van der Waals surface area (Å²) < 4.78 is 3.76. The molecule has 1 amide bonds. The number of amides is 1. The molecule has 0 radical (unpaired) electrons. The Kier molecular flexibility index (Phi) is 6.99. The topological polar surface area (TPSA) is 92.4 Å². The van der Waals surface area contributed by atoms with Crippen LogP contribution in [0.1, 0.15) is 44.6 Å². The molecule has 36 heavy (non-hydrogen) atoms. The molecule has 0 spiro atoms. The molecule has 2 saturated heterocycles. The summed E-state index contributed by atoms with van der Waals surface area (Å²) in [6.45, 7) is 8.12. The summed E-state index contributed by atoms with van der Waals surface area (Å²) in [4.78, 5) is 33.1. The number of hydrogen-bond donors (Lipinski definition) is 2. The lowest BCUT2D eigenvalue weighted by molar-refractivity contribution is -0.158. The SMILES string of the molecule is CC(C)Cn1ccc2c(=O)n(CC3CCN(C(=O)[C@@]4(O)CCNC[C@H]4c4ccccc4)CC3)cnc21. The number of carbonyl (C=O) groups excluding carboxylic acids is 1. The Bertz CT molecular complexity index is 1260. The van der Waals surface area contributed by atoms with Crippen LogP contribution < -0.4 is 10.9 Å². The molecule has 8 heteroatoms. The highest BCUT2D eigenvalue weighted by Crippen LogP contribution is 2.36. The second kappa shape index (κ2) is 10.2. The summed E-state index contributed by atoms with van der Waals surface area (Å²) in [6.07, 6.45) is 5.62. The molecule has 2 aliphatic heterocycles. The normalized spacial score (nSPS) is 23.4. The van der Waals surface area contributed by atoms with Crippen LogP contribution in [-0.4, -0.2) is 61.8 Å². The van der Waals surface area contributed by atoms with Crippen LogP contribution in [0.2, 0.25) is 0 Å². The van der Waals surface area contributed by atoms with E-state index < -0.39 is 5.60 Å². The highest BCUT2D eigenvalue weighted by molar-refractivity contribution is 5.86. The predicted molar refractivity (Wildman–Crippen MR) is 140 cm³/mol. The molecule has 0 unspecified atom stereocenters. The number of rotatable bonds is 6. The van der Waals surface area contributed by atoms with Crippen molar-refractivity contribution in [3.63, 3.8) is 0 Å². The molecular formula is C28H37N5O3. The van der Waals surface area contributed by atoms with E-state index in [4.69, 9.17) is 0 Å².